The van der Waals surface area contributed by atoms with Crippen LogP contribution >= 0.6 is 0 Å². The van der Waals surface area contributed by atoms with E-state index in [2.05, 4.69) is 31.3 Å². The summed E-state index contributed by atoms with van der Waals surface area (Å²) in [5.41, 5.74) is 4.95. The van der Waals surface area contributed by atoms with Crippen molar-refractivity contribution < 1.29 is 14.0 Å². The summed E-state index contributed by atoms with van der Waals surface area (Å²) >= 11 is 0. The van der Waals surface area contributed by atoms with E-state index in [1.807, 2.05) is 0 Å². The van der Waals surface area contributed by atoms with Crippen molar-refractivity contribution in [2.75, 3.05) is 0 Å². The van der Waals surface area contributed by atoms with E-state index in [-0.39, 0.29) is 16.9 Å². The summed E-state index contributed by atoms with van der Waals surface area (Å²) < 4.78 is 13.6. The van der Waals surface area contributed by atoms with E-state index >= 15 is 0 Å². The summed E-state index contributed by atoms with van der Waals surface area (Å²) in [4.78, 5) is 24.7. The average molecular weight is 316 g/mol. The molecule has 1 aromatic carbocycles. The van der Waals surface area contributed by atoms with Crippen molar-refractivity contribution in [3.05, 3.63) is 47.8 Å². The molecule has 2 amide bonds. The molecule has 1 aromatic rings. The van der Waals surface area contributed by atoms with Crippen molar-refractivity contribution in [3.63, 3.8) is 0 Å². The lowest BCUT2D eigenvalue weighted by molar-refractivity contribution is -0.129. The van der Waals surface area contributed by atoms with Gasteiger partial charge < -0.3 is 0 Å². The molecule has 0 saturated heterocycles. The number of benzene rings is 1. The maximum Gasteiger partial charge on any atom is 0.272 e. The van der Waals surface area contributed by atoms with E-state index in [9.17, 15) is 14.0 Å². The second-order valence-corrected chi connectivity index (χ2v) is 7.11. The highest BCUT2D eigenvalue weighted by atomic mass is 19.1. The van der Waals surface area contributed by atoms with E-state index < -0.39 is 17.1 Å². The van der Waals surface area contributed by atoms with Gasteiger partial charge in [0.15, 0.2) is 0 Å². The average Bonchev–Trinajstić information content (AvgIpc) is 3.05. The molecule has 23 heavy (non-hydrogen) atoms. The minimum Gasteiger partial charge on any atom is -0.272 e. The number of halogens is 1. The summed E-state index contributed by atoms with van der Waals surface area (Å²) in [7, 11) is 0. The molecule has 0 unspecified atom stereocenters. The molecule has 0 aliphatic heterocycles. The van der Waals surface area contributed by atoms with Crippen LogP contribution in [0.3, 0.4) is 0 Å². The predicted molar refractivity (Wildman–Crippen MR) is 84.7 cm³/mol. The van der Waals surface area contributed by atoms with Crippen molar-refractivity contribution in [2.45, 2.75) is 33.1 Å². The molecule has 2 fully saturated rings. The Balaban J connectivity index is 1.70. The highest BCUT2D eigenvalue weighted by molar-refractivity contribution is 5.96. The van der Waals surface area contributed by atoms with Crippen LogP contribution in [0.15, 0.2) is 36.4 Å². The standard InChI is InChI=1S/C18H21FN2O2/c1-11-17(2,3)12-8-9-18(11,10-12)16(23)21-20-15(22)13-6-4-5-7-14(13)19/h4-7,12H,1,8-10H2,2-3H3,(H,20,22)(H,21,23)/t12-,18-/m1/s1. The van der Waals surface area contributed by atoms with Crippen molar-refractivity contribution >= 4 is 11.8 Å². The second kappa shape index (κ2) is 5.18. The molecule has 122 valence electrons. The van der Waals surface area contributed by atoms with Gasteiger partial charge >= 0.3 is 0 Å². The minimum absolute atomic E-state index is 0.0643. The van der Waals surface area contributed by atoms with Gasteiger partial charge in [-0.05, 0) is 42.7 Å². The zero-order chi connectivity index (χ0) is 16.8. The van der Waals surface area contributed by atoms with Gasteiger partial charge in [-0.2, -0.15) is 0 Å². The SMILES string of the molecule is C=C1C(C)(C)[C@@H]2CC[C@@]1(C(=O)NNC(=O)c1ccccc1F)C2. The second-order valence-electron chi connectivity index (χ2n) is 7.11. The molecule has 2 atom stereocenters. The third-order valence-electron chi connectivity index (χ3n) is 5.73. The van der Waals surface area contributed by atoms with Gasteiger partial charge in [0, 0.05) is 0 Å². The summed E-state index contributed by atoms with van der Waals surface area (Å²) in [5.74, 6) is -1.08. The van der Waals surface area contributed by atoms with Crippen LogP contribution in [0.2, 0.25) is 0 Å². The fraction of sp³-hybridized carbons (Fsp3) is 0.444. The topological polar surface area (TPSA) is 58.2 Å². The number of hydrazine groups is 1. The van der Waals surface area contributed by atoms with E-state index in [1.165, 1.54) is 18.2 Å². The van der Waals surface area contributed by atoms with Crippen molar-refractivity contribution in [2.24, 2.45) is 16.7 Å². The molecule has 3 rings (SSSR count). The molecule has 5 heteroatoms. The zero-order valence-corrected chi connectivity index (χ0v) is 13.4. The predicted octanol–water partition coefficient (Wildman–Crippen LogP) is 2.97. The molecule has 0 spiro atoms. The van der Waals surface area contributed by atoms with Gasteiger partial charge in [0.2, 0.25) is 5.91 Å². The number of amides is 2. The first-order valence-electron chi connectivity index (χ1n) is 7.84. The van der Waals surface area contributed by atoms with Gasteiger partial charge in [0.1, 0.15) is 5.82 Å². The van der Waals surface area contributed by atoms with Gasteiger partial charge in [0.05, 0.1) is 11.0 Å². The lowest BCUT2D eigenvalue weighted by Crippen LogP contribution is -2.49. The molecular formula is C18H21FN2O2. The third kappa shape index (κ3) is 2.26. The van der Waals surface area contributed by atoms with Crippen molar-refractivity contribution in [1.82, 2.24) is 10.9 Å². The maximum atomic E-state index is 13.6. The van der Waals surface area contributed by atoms with Crippen LogP contribution in [-0.2, 0) is 4.79 Å². The molecule has 0 aromatic heterocycles. The number of carbonyl (C=O) groups is 2. The zero-order valence-electron chi connectivity index (χ0n) is 13.4. The smallest absolute Gasteiger partial charge is 0.272 e. The van der Waals surface area contributed by atoms with Gasteiger partial charge in [-0.25, -0.2) is 4.39 Å². The number of hydrogen-bond donors (Lipinski definition) is 2. The Hall–Kier alpha value is -2.17. The Kier molecular flexibility index (Phi) is 3.54. The van der Waals surface area contributed by atoms with Crippen LogP contribution in [0.5, 0.6) is 0 Å². The first kappa shape index (κ1) is 15.7. The van der Waals surface area contributed by atoms with Crippen molar-refractivity contribution in [1.29, 1.82) is 0 Å². The summed E-state index contributed by atoms with van der Waals surface area (Å²) in [6, 6.07) is 5.66. The van der Waals surface area contributed by atoms with E-state index in [0.717, 1.165) is 24.8 Å². The largest absolute Gasteiger partial charge is 0.272 e. The van der Waals surface area contributed by atoms with E-state index in [4.69, 9.17) is 0 Å². The van der Waals surface area contributed by atoms with Gasteiger partial charge in [-0.15, -0.1) is 0 Å². The first-order chi connectivity index (χ1) is 10.8. The van der Waals surface area contributed by atoms with Crippen LogP contribution in [0.4, 0.5) is 4.39 Å². The first-order valence-corrected chi connectivity index (χ1v) is 7.84. The molecule has 2 aliphatic rings. The number of carbonyl (C=O) groups excluding carboxylic acids is 2. The lowest BCUT2D eigenvalue weighted by atomic mass is 9.68. The molecule has 2 bridgehead atoms. The van der Waals surface area contributed by atoms with Crippen LogP contribution in [0, 0.1) is 22.6 Å². The monoisotopic (exact) mass is 316 g/mol. The minimum atomic E-state index is -0.662. The van der Waals surface area contributed by atoms with E-state index in [1.54, 1.807) is 6.07 Å². The quantitative estimate of drug-likeness (QED) is 0.651. The molecule has 2 saturated carbocycles. The summed E-state index contributed by atoms with van der Waals surface area (Å²) in [5, 5.41) is 0. The fourth-order valence-electron chi connectivity index (χ4n) is 4.09. The number of hydrogen-bond acceptors (Lipinski definition) is 2. The highest BCUT2D eigenvalue weighted by Gasteiger charge is 2.60. The molecule has 4 nitrogen and oxygen atoms in total. The van der Waals surface area contributed by atoms with Crippen LogP contribution in [0.1, 0.15) is 43.5 Å². The summed E-state index contributed by atoms with van der Waals surface area (Å²) in [6.45, 7) is 8.38. The van der Waals surface area contributed by atoms with Crippen LogP contribution in [-0.4, -0.2) is 11.8 Å². The fourth-order valence-corrected chi connectivity index (χ4v) is 4.09. The number of nitrogens with one attached hydrogen (secondary N) is 2. The Bertz CT molecular complexity index is 698. The Morgan fingerprint density at radius 1 is 1.26 bits per heavy atom. The van der Waals surface area contributed by atoms with Gasteiger partial charge in [-0.1, -0.05) is 38.1 Å². The Morgan fingerprint density at radius 2 is 1.96 bits per heavy atom. The molecule has 2 N–H and O–H groups in total. The molecular weight excluding hydrogens is 295 g/mol. The van der Waals surface area contributed by atoms with E-state index in [0.29, 0.717) is 5.92 Å². The lowest BCUT2D eigenvalue weighted by Gasteiger charge is -2.37. The van der Waals surface area contributed by atoms with Gasteiger partial charge in [0.25, 0.3) is 5.91 Å². The summed E-state index contributed by atoms with van der Waals surface area (Å²) in [6.07, 6.45) is 2.50. The highest BCUT2D eigenvalue weighted by Crippen LogP contribution is 2.65. The molecule has 0 heterocycles. The normalized spacial score (nSPS) is 27.8. The van der Waals surface area contributed by atoms with Gasteiger partial charge in [-0.3, -0.25) is 20.4 Å². The number of fused-ring (bicyclic) bond motifs is 2. The van der Waals surface area contributed by atoms with Crippen LogP contribution < -0.4 is 10.9 Å². The molecule has 0 radical (unpaired) electrons. The Labute approximate surface area is 135 Å². The van der Waals surface area contributed by atoms with Crippen molar-refractivity contribution in [3.8, 4) is 0 Å². The third-order valence-corrected chi connectivity index (χ3v) is 5.73. The molecule has 2 aliphatic carbocycles. The number of rotatable bonds is 2. The Morgan fingerprint density at radius 3 is 2.57 bits per heavy atom. The van der Waals surface area contributed by atoms with Crippen LogP contribution in [0.25, 0.3) is 0 Å². The maximum absolute atomic E-state index is 13.6.